The van der Waals surface area contributed by atoms with E-state index in [-0.39, 0.29) is 35.8 Å². The summed E-state index contributed by atoms with van der Waals surface area (Å²) in [6.45, 7) is 5.94. The molecule has 11 nitrogen and oxygen atoms in total. The number of carbonyl (C=O) groups excluding carboxylic acids is 2. The summed E-state index contributed by atoms with van der Waals surface area (Å²) in [4.78, 5) is 61.2. The molecule has 2 aromatic carbocycles. The monoisotopic (exact) mass is 588 g/mol. The number of carbonyl (C=O) groups is 2. The Morgan fingerprint density at radius 1 is 1.00 bits per heavy atom. The summed E-state index contributed by atoms with van der Waals surface area (Å²) in [5, 5.41) is 2.67. The number of hydrogen-bond acceptors (Lipinski definition) is 6. The Labute approximate surface area is 246 Å². The van der Waals surface area contributed by atoms with E-state index in [0.29, 0.717) is 30.4 Å². The molecule has 2 N–H and O–H groups in total. The number of aromatic amines is 1. The molecule has 0 radical (unpaired) electrons. The van der Waals surface area contributed by atoms with Crippen LogP contribution >= 0.6 is 0 Å². The van der Waals surface area contributed by atoms with Gasteiger partial charge >= 0.3 is 11.7 Å². The van der Waals surface area contributed by atoms with Gasteiger partial charge in [0.05, 0.1) is 24.4 Å². The number of rotatable bonds is 9. The van der Waals surface area contributed by atoms with Crippen LogP contribution in [0.15, 0.2) is 58.1 Å². The number of imide groups is 1. The maximum absolute atomic E-state index is 14.4. The molecule has 2 aromatic heterocycles. The molecule has 1 atom stereocenters. The van der Waals surface area contributed by atoms with Crippen LogP contribution in [0, 0.1) is 11.7 Å². The third-order valence-corrected chi connectivity index (χ3v) is 7.60. The van der Waals surface area contributed by atoms with Gasteiger partial charge in [-0.05, 0) is 63.3 Å². The lowest BCUT2D eigenvalue weighted by molar-refractivity contribution is -0.121. The average molecular weight is 589 g/mol. The molecule has 3 heterocycles. The van der Waals surface area contributed by atoms with Crippen molar-refractivity contribution in [2.75, 3.05) is 11.5 Å². The van der Waals surface area contributed by atoms with Crippen LogP contribution in [0.3, 0.4) is 0 Å². The number of hydrogen-bond donors (Lipinski definition) is 2. The maximum atomic E-state index is 14.4. The molecule has 4 aromatic rings. The van der Waals surface area contributed by atoms with Crippen molar-refractivity contribution in [2.24, 2.45) is 5.92 Å². The zero-order valence-electron chi connectivity index (χ0n) is 24.2. The Balaban J connectivity index is 1.26. The van der Waals surface area contributed by atoms with Gasteiger partial charge in [-0.15, -0.1) is 0 Å². The van der Waals surface area contributed by atoms with Crippen molar-refractivity contribution < 1.29 is 18.7 Å². The Hall–Kier alpha value is -4.58. The van der Waals surface area contributed by atoms with E-state index in [1.165, 1.54) is 10.6 Å². The molecule has 1 aliphatic heterocycles. The molecule has 1 saturated heterocycles. The minimum atomic E-state index is -0.766. The van der Waals surface area contributed by atoms with Crippen LogP contribution in [0.2, 0.25) is 0 Å². The van der Waals surface area contributed by atoms with Crippen LogP contribution in [-0.2, 0) is 29.0 Å². The Morgan fingerprint density at radius 2 is 1.72 bits per heavy atom. The first-order valence-electron chi connectivity index (χ1n) is 14.3. The molecule has 2 fully saturated rings. The molecule has 224 valence electrons. The summed E-state index contributed by atoms with van der Waals surface area (Å²) in [6.07, 6.45) is 2.29. The van der Waals surface area contributed by atoms with Gasteiger partial charge in [0.2, 0.25) is 0 Å². The first kappa shape index (κ1) is 28.5. The predicted molar refractivity (Wildman–Crippen MR) is 158 cm³/mol. The quantitative estimate of drug-likeness (QED) is 0.289. The second-order valence-corrected chi connectivity index (χ2v) is 12.1. The summed E-state index contributed by atoms with van der Waals surface area (Å²) in [6, 6.07) is 11.7. The molecule has 2 aliphatic rings. The van der Waals surface area contributed by atoms with Crippen LogP contribution in [-0.4, -0.2) is 49.3 Å². The van der Waals surface area contributed by atoms with Gasteiger partial charge in [0.1, 0.15) is 23.2 Å². The largest absolute Gasteiger partial charge is 0.373 e. The fourth-order valence-corrected chi connectivity index (χ4v) is 5.14. The number of nitrogens with zero attached hydrogens (tertiary/aromatic N) is 4. The van der Waals surface area contributed by atoms with Crippen molar-refractivity contribution in [3.8, 4) is 0 Å². The minimum absolute atomic E-state index is 0.0719. The van der Waals surface area contributed by atoms with Crippen molar-refractivity contribution >= 4 is 28.8 Å². The topological polar surface area (TPSA) is 131 Å². The minimum Gasteiger partial charge on any atom is -0.373 e. The third-order valence-electron chi connectivity index (χ3n) is 7.60. The van der Waals surface area contributed by atoms with Gasteiger partial charge in [-0.3, -0.25) is 18.7 Å². The number of nitrogens with one attached hydrogen (secondary N) is 2. The van der Waals surface area contributed by atoms with Gasteiger partial charge in [0.15, 0.2) is 5.65 Å². The highest BCUT2D eigenvalue weighted by molar-refractivity contribution is 6.21. The van der Waals surface area contributed by atoms with Crippen LogP contribution in [0.5, 0.6) is 0 Å². The Morgan fingerprint density at radius 3 is 2.40 bits per heavy atom. The van der Waals surface area contributed by atoms with Crippen molar-refractivity contribution in [2.45, 2.75) is 64.8 Å². The Kier molecular flexibility index (Phi) is 7.25. The number of ether oxygens (including phenoxy) is 1. The highest BCUT2D eigenvalue weighted by Gasteiger charge is 2.39. The first-order valence-corrected chi connectivity index (χ1v) is 14.3. The highest BCUT2D eigenvalue weighted by Crippen LogP contribution is 2.31. The number of halogens is 1. The molecule has 1 aliphatic carbocycles. The van der Waals surface area contributed by atoms with E-state index in [0.717, 1.165) is 27.9 Å². The molecule has 12 heteroatoms. The van der Waals surface area contributed by atoms with Gasteiger partial charge in [0.25, 0.3) is 11.5 Å². The number of amides is 3. The number of H-pyrrole nitrogens is 1. The molecule has 0 bridgehead atoms. The van der Waals surface area contributed by atoms with E-state index in [4.69, 9.17) is 4.74 Å². The number of imidazole rings is 1. The summed E-state index contributed by atoms with van der Waals surface area (Å²) in [5.74, 6) is -0.0715. The lowest BCUT2D eigenvalue weighted by Gasteiger charge is -2.21. The van der Waals surface area contributed by atoms with Crippen LogP contribution < -0.4 is 21.5 Å². The number of urea groups is 1. The molecule has 43 heavy (non-hydrogen) atoms. The van der Waals surface area contributed by atoms with Gasteiger partial charge in [-0.1, -0.05) is 30.3 Å². The first-order chi connectivity index (χ1) is 20.5. The summed E-state index contributed by atoms with van der Waals surface area (Å²) < 4.78 is 22.6. The van der Waals surface area contributed by atoms with E-state index in [1.54, 1.807) is 42.5 Å². The fourth-order valence-electron chi connectivity index (χ4n) is 5.14. The van der Waals surface area contributed by atoms with Crippen LogP contribution in [0.4, 0.5) is 14.9 Å². The fraction of sp³-hybridized carbons (Fsp3) is 0.387. The summed E-state index contributed by atoms with van der Waals surface area (Å²) >= 11 is 0. The zero-order chi connectivity index (χ0) is 30.5. The number of anilines is 1. The molecule has 0 unspecified atom stereocenters. The van der Waals surface area contributed by atoms with Crippen molar-refractivity contribution in [1.82, 2.24) is 24.4 Å². The van der Waals surface area contributed by atoms with Gasteiger partial charge < -0.3 is 15.0 Å². The smallest absolute Gasteiger partial charge is 0.333 e. The summed E-state index contributed by atoms with van der Waals surface area (Å²) in [5.41, 5.74) is 0.413. The van der Waals surface area contributed by atoms with E-state index in [1.807, 2.05) is 20.8 Å². The molecular weight excluding hydrogens is 555 g/mol. The van der Waals surface area contributed by atoms with Gasteiger partial charge in [0, 0.05) is 18.5 Å². The number of benzene rings is 2. The van der Waals surface area contributed by atoms with Crippen molar-refractivity contribution in [1.29, 1.82) is 0 Å². The van der Waals surface area contributed by atoms with Crippen LogP contribution in [0.1, 0.15) is 50.6 Å². The zero-order valence-corrected chi connectivity index (χ0v) is 24.2. The van der Waals surface area contributed by atoms with E-state index in [2.05, 4.69) is 15.3 Å². The van der Waals surface area contributed by atoms with Crippen LogP contribution in [0.25, 0.3) is 11.2 Å². The number of fused-ring (bicyclic) bond motifs is 1. The molecule has 6 rings (SSSR count). The Bertz CT molecular complexity index is 1830. The normalized spacial score (nSPS) is 17.2. The third kappa shape index (κ3) is 5.87. The molecular formula is C31H33FN6O5. The second kappa shape index (κ2) is 10.9. The lowest BCUT2D eigenvalue weighted by Crippen LogP contribution is -2.40. The lowest BCUT2D eigenvalue weighted by atomic mass is 10.1. The maximum Gasteiger partial charge on any atom is 0.333 e. The molecule has 3 amide bonds. The molecule has 1 saturated carbocycles. The van der Waals surface area contributed by atoms with Crippen molar-refractivity contribution in [3.63, 3.8) is 0 Å². The van der Waals surface area contributed by atoms with E-state index >= 15 is 0 Å². The SMILES string of the molecule is CC(C)(C)OC[C@@H]1NC(=O)N(c2ccc(Cc3nc4c([nH]3)c(=O)n(Cc3ccccc3F)c(=O)n4CC3CC3)cc2)C1=O. The standard InChI is InChI=1S/C31H33FN6O5/c1-31(2,3)43-17-23-27(39)38(29(41)33-23)21-12-10-18(11-13-21)14-24-34-25-26(35-24)36(15-19-8-9-19)30(42)37(28(25)40)16-20-6-4-5-7-22(20)32/h4-7,10-13,19,23H,8-9,14-17H2,1-3H3,(H,33,41)(H,34,35)/t23-/m0/s1. The van der Waals surface area contributed by atoms with Crippen molar-refractivity contribution in [3.05, 3.63) is 92.1 Å². The number of aromatic nitrogens is 4. The average Bonchev–Trinajstić information content (AvgIpc) is 3.61. The summed E-state index contributed by atoms with van der Waals surface area (Å²) in [7, 11) is 0. The predicted octanol–water partition coefficient (Wildman–Crippen LogP) is 3.31. The van der Waals surface area contributed by atoms with Gasteiger partial charge in [-0.2, -0.15) is 0 Å². The highest BCUT2D eigenvalue weighted by atomic mass is 19.1. The van der Waals surface area contributed by atoms with E-state index in [9.17, 15) is 23.6 Å². The van der Waals surface area contributed by atoms with E-state index < -0.39 is 34.7 Å². The second-order valence-electron chi connectivity index (χ2n) is 12.1. The van der Waals surface area contributed by atoms with Gasteiger partial charge in [-0.25, -0.2) is 23.9 Å². The molecule has 0 spiro atoms.